The number of ether oxygens (including phenoxy) is 1. The van der Waals surface area contributed by atoms with Crippen molar-refractivity contribution in [2.75, 3.05) is 39.5 Å². The zero-order valence-corrected chi connectivity index (χ0v) is 7.41. The molecule has 0 aromatic carbocycles. The third-order valence-corrected chi connectivity index (χ3v) is 3.06. The Balaban J connectivity index is 1.84. The van der Waals surface area contributed by atoms with E-state index >= 15 is 0 Å². The predicted molar refractivity (Wildman–Crippen MR) is 45.9 cm³/mol. The molecule has 0 aromatic rings. The molecule has 12 heavy (non-hydrogen) atoms. The first-order chi connectivity index (χ1) is 5.90. The lowest BCUT2D eigenvalue weighted by Crippen LogP contribution is -2.41. The SMILES string of the molecule is OCCN1CC[C@@H]2COC[C@H]2C1. The van der Waals surface area contributed by atoms with Crippen LogP contribution in [0.25, 0.3) is 0 Å². The number of fused-ring (bicyclic) bond motifs is 1. The molecule has 0 spiro atoms. The molecule has 70 valence electrons. The minimum absolute atomic E-state index is 0.290. The number of nitrogens with zero attached hydrogens (tertiary/aromatic N) is 1. The Bertz CT molecular complexity index is 151. The first-order valence-electron chi connectivity index (χ1n) is 4.81. The van der Waals surface area contributed by atoms with E-state index < -0.39 is 0 Å². The van der Waals surface area contributed by atoms with Crippen LogP contribution < -0.4 is 0 Å². The number of β-amino-alcohol motifs (C(OH)–C–C–N with tert-alkyl or cyclic N) is 1. The van der Waals surface area contributed by atoms with Crippen molar-refractivity contribution in [1.82, 2.24) is 4.90 Å². The Labute approximate surface area is 73.3 Å². The molecule has 2 fully saturated rings. The van der Waals surface area contributed by atoms with Gasteiger partial charge in [0.25, 0.3) is 0 Å². The molecule has 3 heteroatoms. The van der Waals surface area contributed by atoms with Gasteiger partial charge in [-0.05, 0) is 18.9 Å². The second-order valence-corrected chi connectivity index (χ2v) is 3.87. The Kier molecular flexibility index (Phi) is 2.63. The molecule has 0 unspecified atom stereocenters. The van der Waals surface area contributed by atoms with Gasteiger partial charge in [-0.2, -0.15) is 0 Å². The van der Waals surface area contributed by atoms with Gasteiger partial charge in [0.2, 0.25) is 0 Å². The summed E-state index contributed by atoms with van der Waals surface area (Å²) in [6.07, 6.45) is 1.25. The second-order valence-electron chi connectivity index (χ2n) is 3.87. The van der Waals surface area contributed by atoms with Crippen LogP contribution in [0.15, 0.2) is 0 Å². The number of hydrogen-bond donors (Lipinski definition) is 1. The van der Waals surface area contributed by atoms with Crippen molar-refractivity contribution < 1.29 is 9.84 Å². The predicted octanol–water partition coefficient (Wildman–Crippen LogP) is -0.0530. The lowest BCUT2D eigenvalue weighted by atomic mass is 9.89. The maximum absolute atomic E-state index is 8.79. The number of piperidine rings is 1. The zero-order valence-electron chi connectivity index (χ0n) is 7.41. The van der Waals surface area contributed by atoms with E-state index in [1.165, 1.54) is 6.42 Å². The van der Waals surface area contributed by atoms with Gasteiger partial charge in [-0.3, -0.25) is 0 Å². The van der Waals surface area contributed by atoms with Crippen molar-refractivity contribution in [2.24, 2.45) is 11.8 Å². The van der Waals surface area contributed by atoms with Crippen LogP contribution in [0.4, 0.5) is 0 Å². The van der Waals surface area contributed by atoms with Crippen LogP contribution in [0, 0.1) is 11.8 Å². The van der Waals surface area contributed by atoms with Crippen LogP contribution in [-0.2, 0) is 4.74 Å². The van der Waals surface area contributed by atoms with Crippen LogP contribution in [0.5, 0.6) is 0 Å². The van der Waals surface area contributed by atoms with Gasteiger partial charge in [0, 0.05) is 25.6 Å². The van der Waals surface area contributed by atoms with E-state index in [1.54, 1.807) is 0 Å². The van der Waals surface area contributed by atoms with Crippen LogP contribution in [0.1, 0.15) is 6.42 Å². The number of rotatable bonds is 2. The number of aliphatic hydroxyl groups is 1. The van der Waals surface area contributed by atoms with E-state index in [0.29, 0.717) is 0 Å². The minimum Gasteiger partial charge on any atom is -0.395 e. The Morgan fingerprint density at radius 3 is 3.00 bits per heavy atom. The molecule has 0 aliphatic carbocycles. The van der Waals surface area contributed by atoms with Crippen LogP contribution in [-0.4, -0.2) is 49.5 Å². The molecule has 2 aliphatic rings. The van der Waals surface area contributed by atoms with Gasteiger partial charge < -0.3 is 14.7 Å². The summed E-state index contributed by atoms with van der Waals surface area (Å²) in [7, 11) is 0. The van der Waals surface area contributed by atoms with Crippen LogP contribution in [0.3, 0.4) is 0 Å². The number of aliphatic hydroxyl groups excluding tert-OH is 1. The molecule has 3 nitrogen and oxygen atoms in total. The van der Waals surface area contributed by atoms with Crippen molar-refractivity contribution in [2.45, 2.75) is 6.42 Å². The Morgan fingerprint density at radius 1 is 1.33 bits per heavy atom. The summed E-state index contributed by atoms with van der Waals surface area (Å²) in [5.74, 6) is 1.55. The summed E-state index contributed by atoms with van der Waals surface area (Å²) in [4.78, 5) is 2.34. The van der Waals surface area contributed by atoms with Gasteiger partial charge >= 0.3 is 0 Å². The molecule has 2 saturated heterocycles. The molecule has 0 bridgehead atoms. The molecule has 0 radical (unpaired) electrons. The summed E-state index contributed by atoms with van der Waals surface area (Å²) in [6, 6.07) is 0. The van der Waals surface area contributed by atoms with Crippen LogP contribution >= 0.6 is 0 Å². The highest BCUT2D eigenvalue weighted by atomic mass is 16.5. The van der Waals surface area contributed by atoms with Crippen LogP contribution in [0.2, 0.25) is 0 Å². The standard InChI is InChI=1S/C9H17NO2/c11-4-3-10-2-1-8-6-12-7-9(8)5-10/h8-9,11H,1-7H2/t8-,9-/m1/s1. The van der Waals surface area contributed by atoms with Crippen molar-refractivity contribution in [3.05, 3.63) is 0 Å². The van der Waals surface area contributed by atoms with E-state index in [1.807, 2.05) is 0 Å². The molecule has 0 aromatic heterocycles. The largest absolute Gasteiger partial charge is 0.395 e. The molecule has 1 N–H and O–H groups in total. The van der Waals surface area contributed by atoms with E-state index in [-0.39, 0.29) is 6.61 Å². The van der Waals surface area contributed by atoms with E-state index in [0.717, 1.165) is 44.7 Å². The van der Waals surface area contributed by atoms with Gasteiger partial charge in [0.1, 0.15) is 0 Å². The van der Waals surface area contributed by atoms with Gasteiger partial charge in [-0.25, -0.2) is 0 Å². The van der Waals surface area contributed by atoms with Gasteiger partial charge in [0.15, 0.2) is 0 Å². The smallest absolute Gasteiger partial charge is 0.0558 e. The lowest BCUT2D eigenvalue weighted by molar-refractivity contribution is 0.121. The number of likely N-dealkylation sites (tertiary alicyclic amines) is 1. The number of hydrogen-bond acceptors (Lipinski definition) is 3. The fourth-order valence-electron chi connectivity index (χ4n) is 2.28. The quantitative estimate of drug-likeness (QED) is 0.632. The van der Waals surface area contributed by atoms with Crippen molar-refractivity contribution >= 4 is 0 Å². The average Bonchev–Trinajstić information content (AvgIpc) is 2.51. The second kappa shape index (κ2) is 3.73. The van der Waals surface area contributed by atoms with Crippen molar-refractivity contribution in [3.63, 3.8) is 0 Å². The maximum atomic E-state index is 8.79. The summed E-state index contributed by atoms with van der Waals surface area (Å²) in [5, 5.41) is 8.79. The minimum atomic E-state index is 0.290. The van der Waals surface area contributed by atoms with E-state index in [9.17, 15) is 0 Å². The monoisotopic (exact) mass is 171 g/mol. The zero-order chi connectivity index (χ0) is 8.39. The topological polar surface area (TPSA) is 32.7 Å². The summed E-state index contributed by atoms with van der Waals surface area (Å²) >= 11 is 0. The molecular formula is C9H17NO2. The van der Waals surface area contributed by atoms with Gasteiger partial charge in [-0.1, -0.05) is 0 Å². The Morgan fingerprint density at radius 2 is 2.17 bits per heavy atom. The highest BCUT2D eigenvalue weighted by Gasteiger charge is 2.33. The Hall–Kier alpha value is -0.120. The molecule has 2 heterocycles. The lowest BCUT2D eigenvalue weighted by Gasteiger charge is -2.33. The van der Waals surface area contributed by atoms with Gasteiger partial charge in [-0.15, -0.1) is 0 Å². The molecule has 0 saturated carbocycles. The summed E-state index contributed by atoms with van der Waals surface area (Å²) < 4.78 is 5.43. The normalized spacial score (nSPS) is 36.8. The van der Waals surface area contributed by atoms with Gasteiger partial charge in [0.05, 0.1) is 13.2 Å². The molecule has 2 rings (SSSR count). The highest BCUT2D eigenvalue weighted by molar-refractivity contribution is 4.83. The van der Waals surface area contributed by atoms with E-state index in [2.05, 4.69) is 4.90 Å². The molecule has 0 amide bonds. The molecular weight excluding hydrogens is 154 g/mol. The molecule has 2 aliphatic heterocycles. The van der Waals surface area contributed by atoms with Crippen molar-refractivity contribution in [3.8, 4) is 0 Å². The van der Waals surface area contributed by atoms with E-state index in [4.69, 9.17) is 9.84 Å². The first kappa shape index (κ1) is 8.48. The summed E-state index contributed by atoms with van der Waals surface area (Å²) in [5.41, 5.74) is 0. The fourth-order valence-corrected chi connectivity index (χ4v) is 2.28. The average molecular weight is 171 g/mol. The molecule has 2 atom stereocenters. The highest BCUT2D eigenvalue weighted by Crippen LogP contribution is 2.28. The fraction of sp³-hybridized carbons (Fsp3) is 1.00. The third kappa shape index (κ3) is 1.63. The van der Waals surface area contributed by atoms with Crippen molar-refractivity contribution in [1.29, 1.82) is 0 Å². The first-order valence-corrected chi connectivity index (χ1v) is 4.81. The maximum Gasteiger partial charge on any atom is 0.0558 e. The summed E-state index contributed by atoms with van der Waals surface area (Å²) in [6.45, 7) is 5.31. The third-order valence-electron chi connectivity index (χ3n) is 3.06.